The molecule has 1 aromatic carbocycles. The Hall–Kier alpha value is -2.11. The van der Waals surface area contributed by atoms with E-state index in [-0.39, 0.29) is 46.9 Å². The molecule has 0 aliphatic carbocycles. The van der Waals surface area contributed by atoms with Crippen LogP contribution < -0.4 is 16.0 Å². The topological polar surface area (TPSA) is 185 Å². The molecular weight excluding hydrogens is 596 g/mol. The van der Waals surface area contributed by atoms with Gasteiger partial charge in [0.05, 0.1) is 40.6 Å². The molecule has 4 heterocycles. The van der Waals surface area contributed by atoms with Crippen molar-refractivity contribution in [2.45, 2.75) is 49.6 Å². The lowest BCUT2D eigenvalue weighted by Gasteiger charge is -2.28. The average Bonchev–Trinajstić information content (AvgIpc) is 3.52. The van der Waals surface area contributed by atoms with Gasteiger partial charge in [-0.3, -0.25) is 18.7 Å². The molecule has 0 aromatic heterocycles. The normalized spacial score (nSPS) is 25.6. The molecule has 16 heteroatoms. The number of rotatable bonds is 6. The predicted octanol–water partition coefficient (Wildman–Crippen LogP) is -1.02. The van der Waals surface area contributed by atoms with Crippen LogP contribution in [0.25, 0.3) is 0 Å². The number of nitrogens with one attached hydrogen (secondary N) is 3. The van der Waals surface area contributed by atoms with Crippen LogP contribution in [-0.2, 0) is 43.6 Å². The highest BCUT2D eigenvalue weighted by molar-refractivity contribution is 7.91. The predicted molar refractivity (Wildman–Crippen MR) is 153 cm³/mol. The zero-order chi connectivity index (χ0) is 30.1. The number of hydrogen-bond donors (Lipinski definition) is 3. The molecule has 2 atom stereocenters. The van der Waals surface area contributed by atoms with E-state index in [1.807, 2.05) is 6.92 Å². The molecule has 5 rings (SSSR count). The van der Waals surface area contributed by atoms with Crippen molar-refractivity contribution in [3.05, 3.63) is 29.8 Å². The van der Waals surface area contributed by atoms with Gasteiger partial charge in [-0.05, 0) is 31.9 Å². The number of hydrogen-bond acceptors (Lipinski definition) is 11. The summed E-state index contributed by atoms with van der Waals surface area (Å²) in [7, 11) is -9.17. The second-order valence-electron chi connectivity index (χ2n) is 10.5. The highest BCUT2D eigenvalue weighted by Gasteiger charge is 2.27. The van der Waals surface area contributed by atoms with Gasteiger partial charge in [0, 0.05) is 51.6 Å². The zero-order valence-electron chi connectivity index (χ0n) is 23.2. The van der Waals surface area contributed by atoms with E-state index in [0.717, 1.165) is 18.5 Å². The number of amides is 2. The zero-order valence-corrected chi connectivity index (χ0v) is 25.7. The van der Waals surface area contributed by atoms with Crippen LogP contribution in [0, 0.1) is 6.92 Å². The smallest absolute Gasteiger partial charge is 0.297 e. The molecule has 2 amide bonds. The highest BCUT2D eigenvalue weighted by atomic mass is 32.2. The van der Waals surface area contributed by atoms with Crippen LogP contribution >= 0.6 is 0 Å². The lowest BCUT2D eigenvalue weighted by atomic mass is 10.2. The summed E-state index contributed by atoms with van der Waals surface area (Å²) in [5.41, 5.74) is 0.983. The Morgan fingerprint density at radius 3 is 1.80 bits per heavy atom. The molecule has 0 spiro atoms. The van der Waals surface area contributed by atoms with Gasteiger partial charge in [0.25, 0.3) is 10.1 Å². The van der Waals surface area contributed by atoms with Crippen LogP contribution in [0.2, 0.25) is 0 Å². The first-order valence-electron chi connectivity index (χ1n) is 13.6. The number of nitrogens with zero attached hydrogens (tertiary/aromatic N) is 1. The number of carbonyl (C=O) groups excluding carboxylic acids is 2. The lowest BCUT2D eigenvalue weighted by Crippen LogP contribution is -2.46. The minimum Gasteiger partial charge on any atom is -0.352 e. The fourth-order valence-electron chi connectivity index (χ4n) is 4.49. The Balaban J connectivity index is 0.000000181. The van der Waals surface area contributed by atoms with Gasteiger partial charge in [-0.15, -0.1) is 0 Å². The van der Waals surface area contributed by atoms with Crippen LogP contribution in [0.3, 0.4) is 0 Å². The fraction of sp³-hybridized carbons (Fsp3) is 0.680. The van der Waals surface area contributed by atoms with Gasteiger partial charge in [0.1, 0.15) is 0 Å². The van der Waals surface area contributed by atoms with Gasteiger partial charge >= 0.3 is 0 Å². The molecule has 1 aromatic rings. The Kier molecular flexibility index (Phi) is 12.1. The molecule has 0 bridgehead atoms. The molecule has 3 N–H and O–H groups in total. The molecule has 4 fully saturated rings. The number of sulfone groups is 2. The van der Waals surface area contributed by atoms with E-state index in [1.165, 1.54) is 12.1 Å². The first-order chi connectivity index (χ1) is 19.2. The molecule has 4 saturated heterocycles. The van der Waals surface area contributed by atoms with Crippen LogP contribution in [0.4, 0.5) is 0 Å². The highest BCUT2D eigenvalue weighted by Crippen LogP contribution is 2.15. The Morgan fingerprint density at radius 1 is 0.829 bits per heavy atom. The van der Waals surface area contributed by atoms with Crippen molar-refractivity contribution < 1.29 is 39.0 Å². The first kappa shape index (κ1) is 33.4. The number of aryl methyl sites for hydroxylation is 1. The Morgan fingerprint density at radius 2 is 1.34 bits per heavy atom. The maximum absolute atomic E-state index is 11.8. The fourth-order valence-corrected chi connectivity index (χ4v) is 7.83. The molecule has 4 aliphatic rings. The van der Waals surface area contributed by atoms with Crippen molar-refractivity contribution in [2.24, 2.45) is 0 Å². The molecule has 0 radical (unpaired) electrons. The minimum atomic E-state index is -3.73. The van der Waals surface area contributed by atoms with Gasteiger partial charge in [0.2, 0.25) is 11.8 Å². The first-order valence-corrected chi connectivity index (χ1v) is 18.7. The maximum Gasteiger partial charge on any atom is 0.297 e. The van der Waals surface area contributed by atoms with E-state index in [4.69, 9.17) is 4.18 Å². The summed E-state index contributed by atoms with van der Waals surface area (Å²) < 4.78 is 72.2. The van der Waals surface area contributed by atoms with Crippen molar-refractivity contribution in [2.75, 3.05) is 62.3 Å². The monoisotopic (exact) mass is 636 g/mol. The standard InChI is InChI=1S/C12H15NO4S.C9H16N2O3S.C4H9NO2S/c1-9-2-5-11(6-3-9)18(15,16)17-8-10-4-7-12(14)13-10;12-9-2-1-8(10-9)7-11-3-5-15(13,14)6-4-11;6-8(7)3-1-5-2-4-8/h2-3,5-6,10H,4,7-8H2,1H3,(H,13,14);8H,1-7H2,(H,10,12);5H,1-4H2/t10-;8-;/m00./s1. The summed E-state index contributed by atoms with van der Waals surface area (Å²) >= 11 is 0. The van der Waals surface area contributed by atoms with E-state index in [9.17, 15) is 34.8 Å². The molecule has 4 aliphatic heterocycles. The van der Waals surface area contributed by atoms with E-state index < -0.39 is 29.8 Å². The van der Waals surface area contributed by atoms with Crippen molar-refractivity contribution in [3.63, 3.8) is 0 Å². The van der Waals surface area contributed by atoms with Gasteiger partial charge in [-0.2, -0.15) is 8.42 Å². The van der Waals surface area contributed by atoms with Crippen LogP contribution in [0.15, 0.2) is 29.2 Å². The molecular formula is C25H40N4O9S3. The van der Waals surface area contributed by atoms with Crippen LogP contribution in [0.5, 0.6) is 0 Å². The van der Waals surface area contributed by atoms with E-state index in [0.29, 0.717) is 56.9 Å². The molecule has 0 unspecified atom stereocenters. The van der Waals surface area contributed by atoms with Crippen molar-refractivity contribution in [1.29, 1.82) is 0 Å². The summed E-state index contributed by atoms with van der Waals surface area (Å²) in [6, 6.07) is 6.47. The number of benzene rings is 1. The maximum atomic E-state index is 11.8. The summed E-state index contributed by atoms with van der Waals surface area (Å²) in [6.07, 6.45) is 2.53. The third-order valence-corrected chi connectivity index (χ3v) is 11.6. The Bertz CT molecular complexity index is 1340. The summed E-state index contributed by atoms with van der Waals surface area (Å²) in [5.74, 6) is 1.20. The van der Waals surface area contributed by atoms with Crippen molar-refractivity contribution in [1.82, 2.24) is 20.9 Å². The van der Waals surface area contributed by atoms with E-state index in [1.54, 1.807) is 12.1 Å². The lowest BCUT2D eigenvalue weighted by molar-refractivity contribution is -0.120. The minimum absolute atomic E-state index is 0.0120. The quantitative estimate of drug-likeness (QED) is 0.325. The van der Waals surface area contributed by atoms with Crippen molar-refractivity contribution >= 4 is 41.6 Å². The van der Waals surface area contributed by atoms with Gasteiger partial charge in [-0.25, -0.2) is 16.8 Å². The molecule has 13 nitrogen and oxygen atoms in total. The van der Waals surface area contributed by atoms with Crippen LogP contribution in [0.1, 0.15) is 31.2 Å². The summed E-state index contributed by atoms with van der Waals surface area (Å²) in [6.45, 7) is 5.13. The molecule has 0 saturated carbocycles. The van der Waals surface area contributed by atoms with Gasteiger partial charge in [0.15, 0.2) is 19.7 Å². The van der Waals surface area contributed by atoms with Crippen molar-refractivity contribution in [3.8, 4) is 0 Å². The average molecular weight is 637 g/mol. The van der Waals surface area contributed by atoms with Crippen LogP contribution in [-0.4, -0.2) is 116 Å². The SMILES string of the molecule is Cc1ccc(S(=O)(=O)OC[C@@H]2CCC(=O)N2)cc1.O=C1CC[C@@H](CN2CCS(=O)(=O)CC2)N1.O=S1(=O)CCNCC1. The number of carbonyl (C=O) groups is 2. The van der Waals surface area contributed by atoms with Gasteiger partial charge in [-0.1, -0.05) is 17.7 Å². The largest absolute Gasteiger partial charge is 0.352 e. The molecule has 41 heavy (non-hydrogen) atoms. The van der Waals surface area contributed by atoms with E-state index >= 15 is 0 Å². The second kappa shape index (κ2) is 14.9. The summed E-state index contributed by atoms with van der Waals surface area (Å²) in [4.78, 5) is 24.2. The van der Waals surface area contributed by atoms with E-state index in [2.05, 4.69) is 20.9 Å². The summed E-state index contributed by atoms with van der Waals surface area (Å²) in [5, 5.41) is 8.51. The molecule has 232 valence electrons. The third-order valence-electron chi connectivity index (χ3n) is 7.00. The van der Waals surface area contributed by atoms with Gasteiger partial charge < -0.3 is 16.0 Å². The third kappa shape index (κ3) is 12.0. The second-order valence-corrected chi connectivity index (χ2v) is 16.7. The Labute approximate surface area is 242 Å².